The quantitative estimate of drug-likeness (QED) is 0.371. The Balaban J connectivity index is 1.57. The molecule has 0 radical (unpaired) electrons. The van der Waals surface area contributed by atoms with E-state index < -0.39 is 10.0 Å². The van der Waals surface area contributed by atoms with Crippen molar-refractivity contribution in [3.05, 3.63) is 95.1 Å². The van der Waals surface area contributed by atoms with Crippen molar-refractivity contribution in [3.8, 4) is 0 Å². The molecule has 1 aliphatic rings. The van der Waals surface area contributed by atoms with Crippen molar-refractivity contribution in [1.82, 2.24) is 10.0 Å². The Morgan fingerprint density at radius 2 is 1.74 bits per heavy atom. The fraction of sp³-hybridized carbons (Fsp3) is 0.321. The van der Waals surface area contributed by atoms with Gasteiger partial charge < -0.3 is 10.6 Å². The van der Waals surface area contributed by atoms with Crippen LogP contribution in [0.15, 0.2) is 77.7 Å². The standard InChI is InChI=1S/C28H33N3O3S/c1-20(2)16-17-30-35(33,34)27-18-23(13-15-26(27)29-19-21-8-4-3-5-9-21)28(32)31-25-14-12-22-10-6-7-11-24(22)25/h3-11,13,15,18,20,25,29-30H,12,14,16-17,19H2,1-2H3,(H,31,32). The van der Waals surface area contributed by atoms with E-state index in [0.29, 0.717) is 30.3 Å². The Morgan fingerprint density at radius 1 is 1.00 bits per heavy atom. The predicted molar refractivity (Wildman–Crippen MR) is 140 cm³/mol. The molecule has 4 rings (SSSR count). The molecule has 0 aliphatic heterocycles. The van der Waals surface area contributed by atoms with Crippen LogP contribution in [0.25, 0.3) is 0 Å². The van der Waals surface area contributed by atoms with E-state index in [0.717, 1.165) is 30.4 Å². The van der Waals surface area contributed by atoms with Crippen LogP contribution in [0, 0.1) is 5.92 Å². The molecule has 3 aromatic carbocycles. The second-order valence-electron chi connectivity index (χ2n) is 9.39. The second kappa shape index (κ2) is 11.1. The van der Waals surface area contributed by atoms with Gasteiger partial charge in [0.1, 0.15) is 4.90 Å². The Morgan fingerprint density at radius 3 is 2.51 bits per heavy atom. The number of sulfonamides is 1. The average molecular weight is 492 g/mol. The molecule has 3 aromatic rings. The van der Waals surface area contributed by atoms with Crippen LogP contribution in [0.1, 0.15) is 59.8 Å². The van der Waals surface area contributed by atoms with E-state index in [1.165, 1.54) is 11.6 Å². The van der Waals surface area contributed by atoms with E-state index in [1.807, 2.05) is 62.4 Å². The van der Waals surface area contributed by atoms with E-state index in [2.05, 4.69) is 21.4 Å². The molecule has 7 heteroatoms. The zero-order valence-corrected chi connectivity index (χ0v) is 21.1. The topological polar surface area (TPSA) is 87.3 Å². The summed E-state index contributed by atoms with van der Waals surface area (Å²) in [7, 11) is -3.82. The van der Waals surface area contributed by atoms with Gasteiger partial charge in [-0.1, -0.05) is 68.4 Å². The highest BCUT2D eigenvalue weighted by atomic mass is 32.2. The monoisotopic (exact) mass is 491 g/mol. The van der Waals surface area contributed by atoms with E-state index in [1.54, 1.807) is 12.1 Å². The predicted octanol–water partition coefficient (Wildman–Crippen LogP) is 5.04. The Kier molecular flexibility index (Phi) is 7.88. The molecular weight excluding hydrogens is 458 g/mol. The third kappa shape index (κ3) is 6.29. The molecule has 6 nitrogen and oxygen atoms in total. The summed E-state index contributed by atoms with van der Waals surface area (Å²) >= 11 is 0. The van der Waals surface area contributed by atoms with Gasteiger partial charge in [-0.3, -0.25) is 4.79 Å². The first kappa shape index (κ1) is 24.9. The van der Waals surface area contributed by atoms with Crippen molar-refractivity contribution < 1.29 is 13.2 Å². The molecule has 3 N–H and O–H groups in total. The van der Waals surface area contributed by atoms with E-state index in [-0.39, 0.29) is 16.8 Å². The Bertz CT molecular complexity index is 1270. The van der Waals surface area contributed by atoms with Crippen molar-refractivity contribution >= 4 is 21.6 Å². The highest BCUT2D eigenvalue weighted by Gasteiger charge is 2.25. The number of aryl methyl sites for hydroxylation is 1. The Labute approximate surface area is 208 Å². The van der Waals surface area contributed by atoms with Crippen LogP contribution < -0.4 is 15.4 Å². The molecule has 0 saturated heterocycles. The number of anilines is 1. The summed E-state index contributed by atoms with van der Waals surface area (Å²) in [5.74, 6) is 0.0970. The molecule has 1 atom stereocenters. The number of hydrogen-bond donors (Lipinski definition) is 3. The average Bonchev–Trinajstić information content (AvgIpc) is 3.25. The lowest BCUT2D eigenvalue weighted by atomic mass is 10.1. The number of nitrogens with one attached hydrogen (secondary N) is 3. The fourth-order valence-electron chi connectivity index (χ4n) is 4.33. The minimum Gasteiger partial charge on any atom is -0.380 e. The molecule has 0 fully saturated rings. The van der Waals surface area contributed by atoms with Crippen molar-refractivity contribution in [3.63, 3.8) is 0 Å². The zero-order valence-electron chi connectivity index (χ0n) is 20.3. The molecule has 35 heavy (non-hydrogen) atoms. The maximum atomic E-state index is 13.2. The van der Waals surface area contributed by atoms with Crippen LogP contribution in [0.2, 0.25) is 0 Å². The van der Waals surface area contributed by atoms with Crippen LogP contribution in [0.4, 0.5) is 5.69 Å². The van der Waals surface area contributed by atoms with Crippen molar-refractivity contribution in [2.24, 2.45) is 5.92 Å². The van der Waals surface area contributed by atoms with E-state index in [4.69, 9.17) is 0 Å². The number of fused-ring (bicyclic) bond motifs is 1. The maximum absolute atomic E-state index is 13.2. The SMILES string of the molecule is CC(C)CCNS(=O)(=O)c1cc(C(=O)NC2CCc3ccccc32)ccc1NCc1ccccc1. The molecule has 0 heterocycles. The van der Waals surface area contributed by atoms with E-state index >= 15 is 0 Å². The van der Waals surface area contributed by atoms with Gasteiger partial charge in [0.25, 0.3) is 5.91 Å². The summed E-state index contributed by atoms with van der Waals surface area (Å²) in [6.45, 7) is 4.91. The molecular formula is C28H33N3O3S. The summed E-state index contributed by atoms with van der Waals surface area (Å²) in [5, 5.41) is 6.33. The maximum Gasteiger partial charge on any atom is 0.251 e. The first-order valence-corrected chi connectivity index (χ1v) is 13.6. The van der Waals surface area contributed by atoms with Crippen LogP contribution in [-0.4, -0.2) is 20.9 Å². The van der Waals surface area contributed by atoms with Crippen LogP contribution in [0.5, 0.6) is 0 Å². The fourth-order valence-corrected chi connectivity index (χ4v) is 5.59. The molecule has 1 unspecified atom stereocenters. The lowest BCUT2D eigenvalue weighted by Crippen LogP contribution is -2.29. The van der Waals surface area contributed by atoms with Crippen LogP contribution in [0.3, 0.4) is 0 Å². The van der Waals surface area contributed by atoms with Gasteiger partial charge >= 0.3 is 0 Å². The van der Waals surface area contributed by atoms with Crippen molar-refractivity contribution in [1.29, 1.82) is 0 Å². The zero-order chi connectivity index (χ0) is 24.8. The molecule has 0 bridgehead atoms. The largest absolute Gasteiger partial charge is 0.380 e. The van der Waals surface area contributed by atoms with E-state index in [9.17, 15) is 13.2 Å². The number of amides is 1. The molecule has 0 saturated carbocycles. The van der Waals surface area contributed by atoms with Gasteiger partial charge in [0.15, 0.2) is 0 Å². The third-order valence-corrected chi connectivity index (χ3v) is 7.81. The number of benzene rings is 3. The molecule has 0 spiro atoms. The summed E-state index contributed by atoms with van der Waals surface area (Å²) in [5.41, 5.74) is 4.20. The first-order valence-electron chi connectivity index (χ1n) is 12.1. The lowest BCUT2D eigenvalue weighted by Gasteiger charge is -2.17. The van der Waals surface area contributed by atoms with Crippen molar-refractivity contribution in [2.75, 3.05) is 11.9 Å². The molecule has 184 valence electrons. The number of carbonyl (C=O) groups excluding carboxylic acids is 1. The smallest absolute Gasteiger partial charge is 0.251 e. The van der Waals surface area contributed by atoms with Crippen LogP contribution >= 0.6 is 0 Å². The summed E-state index contributed by atoms with van der Waals surface area (Å²) in [4.78, 5) is 13.2. The normalized spacial score (nSPS) is 15.1. The highest BCUT2D eigenvalue weighted by Crippen LogP contribution is 2.31. The van der Waals surface area contributed by atoms with Gasteiger partial charge in [-0.2, -0.15) is 0 Å². The first-order chi connectivity index (χ1) is 16.8. The van der Waals surface area contributed by atoms with Gasteiger partial charge in [0.2, 0.25) is 10.0 Å². The van der Waals surface area contributed by atoms with Gasteiger partial charge in [0.05, 0.1) is 11.7 Å². The third-order valence-electron chi connectivity index (χ3n) is 6.31. The lowest BCUT2D eigenvalue weighted by molar-refractivity contribution is 0.0936. The highest BCUT2D eigenvalue weighted by molar-refractivity contribution is 7.89. The van der Waals surface area contributed by atoms with Gasteiger partial charge in [-0.05, 0) is 60.1 Å². The minimum absolute atomic E-state index is 0.0705. The second-order valence-corrected chi connectivity index (χ2v) is 11.1. The summed E-state index contributed by atoms with van der Waals surface area (Å²) in [6.07, 6.45) is 2.49. The summed E-state index contributed by atoms with van der Waals surface area (Å²) < 4.78 is 29.2. The van der Waals surface area contributed by atoms with Crippen LogP contribution in [-0.2, 0) is 23.0 Å². The van der Waals surface area contributed by atoms with Gasteiger partial charge in [-0.15, -0.1) is 0 Å². The van der Waals surface area contributed by atoms with Crippen molar-refractivity contribution in [2.45, 2.75) is 50.6 Å². The number of hydrogen-bond acceptors (Lipinski definition) is 4. The molecule has 1 aliphatic carbocycles. The van der Waals surface area contributed by atoms with Gasteiger partial charge in [-0.25, -0.2) is 13.1 Å². The Hall–Kier alpha value is -3.16. The number of carbonyl (C=O) groups is 1. The number of rotatable bonds is 10. The summed E-state index contributed by atoms with van der Waals surface area (Å²) in [6, 6.07) is 22.6. The molecule has 0 aromatic heterocycles. The van der Waals surface area contributed by atoms with Gasteiger partial charge in [0, 0.05) is 18.7 Å². The molecule has 1 amide bonds. The minimum atomic E-state index is -3.82.